The minimum atomic E-state index is -0.997. The molecule has 6 heteroatoms. The number of ether oxygens (including phenoxy) is 2. The third-order valence-electron chi connectivity index (χ3n) is 2.68. The van der Waals surface area contributed by atoms with Crippen molar-refractivity contribution in [2.24, 2.45) is 0 Å². The monoisotopic (exact) mass is 297 g/mol. The average Bonchev–Trinajstić information content (AvgIpc) is 2.70. The predicted molar refractivity (Wildman–Crippen MR) is 73.4 cm³/mol. The minimum absolute atomic E-state index is 0.573. The molecular weight excluding hydrogens is 282 g/mol. The molecule has 0 unspecified atom stereocenters. The molecule has 1 fully saturated rings. The molecule has 2 atom stereocenters. The summed E-state index contributed by atoms with van der Waals surface area (Å²) in [6.45, 7) is 5.27. The molecule has 0 aromatic heterocycles. The summed E-state index contributed by atoms with van der Waals surface area (Å²) in [6.07, 6.45) is -1.64. The Bertz CT molecular complexity index is 521. The largest absolute Gasteiger partial charge is 0.457 e. The highest BCUT2D eigenvalue weighted by Gasteiger charge is 2.42. The van der Waals surface area contributed by atoms with Gasteiger partial charge in [-0.25, -0.2) is 9.59 Å². The van der Waals surface area contributed by atoms with Crippen LogP contribution < -0.4 is 5.32 Å². The van der Waals surface area contributed by atoms with E-state index in [0.29, 0.717) is 5.02 Å². The lowest BCUT2D eigenvalue weighted by atomic mass is 10.0. The molecule has 1 amide bonds. The van der Waals surface area contributed by atoms with Crippen LogP contribution >= 0.6 is 11.6 Å². The number of carbonyl (C=O) groups excluding carboxylic acids is 2. The molecule has 0 aliphatic carbocycles. The van der Waals surface area contributed by atoms with Crippen molar-refractivity contribution in [1.82, 2.24) is 5.32 Å². The Kier molecular flexibility index (Phi) is 3.90. The van der Waals surface area contributed by atoms with Gasteiger partial charge in [0.25, 0.3) is 0 Å². The van der Waals surface area contributed by atoms with Gasteiger partial charge in [0.05, 0.1) is 0 Å². The van der Waals surface area contributed by atoms with E-state index < -0.39 is 29.8 Å². The van der Waals surface area contributed by atoms with Crippen LogP contribution in [0.25, 0.3) is 0 Å². The highest BCUT2D eigenvalue weighted by atomic mass is 35.5. The summed E-state index contributed by atoms with van der Waals surface area (Å²) in [5.74, 6) is -0.573. The summed E-state index contributed by atoms with van der Waals surface area (Å²) in [7, 11) is 0. The van der Waals surface area contributed by atoms with Crippen molar-refractivity contribution in [1.29, 1.82) is 0 Å². The summed E-state index contributed by atoms with van der Waals surface area (Å²) >= 11 is 5.82. The maximum atomic E-state index is 12.1. The maximum absolute atomic E-state index is 12.1. The normalized spacial score (nSPS) is 22.1. The zero-order valence-electron chi connectivity index (χ0n) is 11.5. The van der Waals surface area contributed by atoms with E-state index in [4.69, 9.17) is 21.1 Å². The van der Waals surface area contributed by atoms with E-state index in [2.05, 4.69) is 5.32 Å². The smallest absolute Gasteiger partial charge is 0.408 e. The number of cyclic esters (lactones) is 1. The Balaban J connectivity index is 2.20. The number of hydrogen-bond acceptors (Lipinski definition) is 4. The second-order valence-corrected chi connectivity index (χ2v) is 5.97. The summed E-state index contributed by atoms with van der Waals surface area (Å²) in [6, 6.07) is 6.27. The first-order chi connectivity index (χ1) is 9.26. The van der Waals surface area contributed by atoms with Gasteiger partial charge in [0.1, 0.15) is 11.6 Å². The summed E-state index contributed by atoms with van der Waals surface area (Å²) in [5.41, 5.74) is 0.0903. The molecule has 2 rings (SSSR count). The molecule has 5 nitrogen and oxygen atoms in total. The van der Waals surface area contributed by atoms with Crippen LogP contribution in [0.1, 0.15) is 32.4 Å². The van der Waals surface area contributed by atoms with Gasteiger partial charge in [0.2, 0.25) is 6.10 Å². The van der Waals surface area contributed by atoms with Crippen molar-refractivity contribution < 1.29 is 19.1 Å². The lowest BCUT2D eigenvalue weighted by Crippen LogP contribution is -2.35. The van der Waals surface area contributed by atoms with Crippen LogP contribution in [-0.2, 0) is 14.3 Å². The highest BCUT2D eigenvalue weighted by Crippen LogP contribution is 2.27. The molecule has 0 saturated carbocycles. The van der Waals surface area contributed by atoms with Crippen molar-refractivity contribution in [3.63, 3.8) is 0 Å². The Hall–Kier alpha value is -1.75. The van der Waals surface area contributed by atoms with Gasteiger partial charge in [-0.05, 0) is 38.5 Å². The zero-order chi connectivity index (χ0) is 14.9. The summed E-state index contributed by atoms with van der Waals surface area (Å²) in [5, 5.41) is 3.18. The Morgan fingerprint density at radius 1 is 1.30 bits per heavy atom. The topological polar surface area (TPSA) is 64.6 Å². The van der Waals surface area contributed by atoms with Crippen LogP contribution in [0.5, 0.6) is 0 Å². The first-order valence-corrected chi connectivity index (χ1v) is 6.59. The highest BCUT2D eigenvalue weighted by molar-refractivity contribution is 6.30. The average molecular weight is 298 g/mol. The Morgan fingerprint density at radius 2 is 1.90 bits per heavy atom. The van der Waals surface area contributed by atoms with Gasteiger partial charge in [0.15, 0.2) is 0 Å². The number of halogens is 1. The van der Waals surface area contributed by atoms with E-state index in [9.17, 15) is 9.59 Å². The van der Waals surface area contributed by atoms with Crippen LogP contribution in [0.4, 0.5) is 4.79 Å². The molecule has 0 spiro atoms. The van der Waals surface area contributed by atoms with Crippen LogP contribution in [0.3, 0.4) is 0 Å². The molecule has 1 aromatic carbocycles. The second-order valence-electron chi connectivity index (χ2n) is 5.53. The first kappa shape index (κ1) is 14.7. The molecular formula is C14H16ClNO4. The number of nitrogens with one attached hydrogen (secondary N) is 1. The minimum Gasteiger partial charge on any atom is -0.457 e. The van der Waals surface area contributed by atoms with Gasteiger partial charge < -0.3 is 14.8 Å². The molecule has 1 N–H and O–H groups in total. The van der Waals surface area contributed by atoms with Crippen LogP contribution in [-0.4, -0.2) is 23.8 Å². The van der Waals surface area contributed by atoms with Gasteiger partial charge in [-0.15, -0.1) is 0 Å². The number of hydrogen-bond donors (Lipinski definition) is 1. The van der Waals surface area contributed by atoms with Crippen molar-refractivity contribution in [3.05, 3.63) is 34.9 Å². The van der Waals surface area contributed by atoms with Gasteiger partial charge in [-0.3, -0.25) is 0 Å². The number of carbonyl (C=O) groups is 2. The van der Waals surface area contributed by atoms with Crippen LogP contribution in [0, 0.1) is 0 Å². The summed E-state index contributed by atoms with van der Waals surface area (Å²) in [4.78, 5) is 23.5. The lowest BCUT2D eigenvalue weighted by molar-refractivity contribution is -0.164. The second kappa shape index (κ2) is 5.32. The lowest BCUT2D eigenvalue weighted by Gasteiger charge is -2.23. The Morgan fingerprint density at radius 3 is 2.45 bits per heavy atom. The van der Waals surface area contributed by atoms with E-state index in [1.54, 1.807) is 45.0 Å². The SMILES string of the molecule is CC(C)(C)OC(=O)[C@H]1OC(=O)N[C@@H]1c1ccc(Cl)cc1. The third kappa shape index (κ3) is 3.42. The van der Waals surface area contributed by atoms with Crippen molar-refractivity contribution >= 4 is 23.7 Å². The van der Waals surface area contributed by atoms with Gasteiger partial charge >= 0.3 is 12.1 Å². The van der Waals surface area contributed by atoms with E-state index in [-0.39, 0.29) is 0 Å². The summed E-state index contributed by atoms with van der Waals surface area (Å²) < 4.78 is 10.3. The van der Waals surface area contributed by atoms with Gasteiger partial charge in [-0.2, -0.15) is 0 Å². The van der Waals surface area contributed by atoms with Gasteiger partial charge in [-0.1, -0.05) is 23.7 Å². The fourth-order valence-corrected chi connectivity index (χ4v) is 2.02. The van der Waals surface area contributed by atoms with Crippen molar-refractivity contribution in [3.8, 4) is 0 Å². The molecule has 1 aliphatic rings. The van der Waals surface area contributed by atoms with Crippen LogP contribution in [0.15, 0.2) is 24.3 Å². The molecule has 1 aromatic rings. The molecule has 0 radical (unpaired) electrons. The quantitative estimate of drug-likeness (QED) is 0.853. The number of esters is 1. The molecule has 0 bridgehead atoms. The maximum Gasteiger partial charge on any atom is 0.408 e. The molecule has 1 aliphatic heterocycles. The zero-order valence-corrected chi connectivity index (χ0v) is 12.2. The third-order valence-corrected chi connectivity index (χ3v) is 2.93. The number of alkyl carbamates (subject to hydrolysis) is 1. The van der Waals surface area contributed by atoms with E-state index in [0.717, 1.165) is 5.56 Å². The first-order valence-electron chi connectivity index (χ1n) is 6.22. The fraction of sp³-hybridized carbons (Fsp3) is 0.429. The molecule has 108 valence electrons. The van der Waals surface area contributed by atoms with Crippen LogP contribution in [0.2, 0.25) is 5.02 Å². The number of benzene rings is 1. The molecule has 20 heavy (non-hydrogen) atoms. The Labute approximate surface area is 122 Å². The molecule has 1 saturated heterocycles. The van der Waals surface area contributed by atoms with Gasteiger partial charge in [0, 0.05) is 5.02 Å². The van der Waals surface area contributed by atoms with E-state index in [1.807, 2.05) is 0 Å². The van der Waals surface area contributed by atoms with Crippen molar-refractivity contribution in [2.75, 3.05) is 0 Å². The van der Waals surface area contributed by atoms with E-state index in [1.165, 1.54) is 0 Å². The predicted octanol–water partition coefficient (Wildman–Crippen LogP) is 2.83. The number of rotatable bonds is 2. The number of amides is 1. The van der Waals surface area contributed by atoms with Crippen molar-refractivity contribution in [2.45, 2.75) is 38.5 Å². The standard InChI is InChI=1S/C14H16ClNO4/c1-14(2,3)20-12(17)11-10(16-13(18)19-11)8-4-6-9(15)7-5-8/h4-7,10-11H,1-3H3,(H,16,18)/t10-,11+/m1/s1. The van der Waals surface area contributed by atoms with E-state index >= 15 is 0 Å². The molecule has 1 heterocycles. The fourth-order valence-electron chi connectivity index (χ4n) is 1.89.